The molecule has 31 heavy (non-hydrogen) atoms. The predicted molar refractivity (Wildman–Crippen MR) is 119 cm³/mol. The second kappa shape index (κ2) is 7.84. The van der Waals surface area contributed by atoms with Gasteiger partial charge in [-0.2, -0.15) is 5.10 Å². The third-order valence-corrected chi connectivity index (χ3v) is 6.48. The van der Waals surface area contributed by atoms with Crippen LogP contribution >= 0.6 is 0 Å². The van der Waals surface area contributed by atoms with E-state index in [1.54, 1.807) is 11.0 Å². The summed E-state index contributed by atoms with van der Waals surface area (Å²) in [6.07, 6.45) is 5.55. The number of carbonyl (C=O) groups excluding carboxylic acids is 1. The fourth-order valence-corrected chi connectivity index (χ4v) is 4.48. The van der Waals surface area contributed by atoms with Gasteiger partial charge in [0.2, 0.25) is 0 Å². The summed E-state index contributed by atoms with van der Waals surface area (Å²) in [5.74, 6) is 1.82. The summed E-state index contributed by atoms with van der Waals surface area (Å²) in [7, 11) is 1.87. The Morgan fingerprint density at radius 2 is 1.84 bits per heavy atom. The van der Waals surface area contributed by atoms with Crippen LogP contribution in [0.1, 0.15) is 58.8 Å². The predicted octanol–water partition coefficient (Wildman–Crippen LogP) is 4.62. The van der Waals surface area contributed by atoms with Crippen molar-refractivity contribution in [1.29, 1.82) is 0 Å². The van der Waals surface area contributed by atoms with Gasteiger partial charge in [-0.15, -0.1) is 0 Å². The monoisotopic (exact) mass is 416 g/mol. The van der Waals surface area contributed by atoms with Crippen molar-refractivity contribution in [2.75, 3.05) is 6.61 Å². The summed E-state index contributed by atoms with van der Waals surface area (Å²) >= 11 is 0. The maximum atomic E-state index is 13.7. The molecular weight excluding hydrogens is 388 g/mol. The number of aryl methyl sites for hydroxylation is 3. The molecule has 1 aliphatic heterocycles. The molecular formula is C25H28N4O2. The maximum absolute atomic E-state index is 13.7. The van der Waals surface area contributed by atoms with Crippen LogP contribution in [0.15, 0.2) is 42.7 Å². The van der Waals surface area contributed by atoms with Crippen molar-refractivity contribution in [1.82, 2.24) is 19.7 Å². The van der Waals surface area contributed by atoms with E-state index in [1.807, 2.05) is 31.3 Å². The minimum Gasteiger partial charge on any atom is -0.493 e. The van der Waals surface area contributed by atoms with Crippen molar-refractivity contribution < 1.29 is 9.53 Å². The molecule has 1 unspecified atom stereocenters. The third-order valence-electron chi connectivity index (χ3n) is 6.48. The fraction of sp³-hybridized carbons (Fsp3) is 0.400. The Kier molecular flexibility index (Phi) is 5.00. The Bertz CT molecular complexity index is 1120. The number of nitrogens with zero attached hydrogens (tertiary/aromatic N) is 4. The van der Waals surface area contributed by atoms with Crippen LogP contribution in [0.3, 0.4) is 0 Å². The van der Waals surface area contributed by atoms with E-state index in [1.165, 1.54) is 11.1 Å². The zero-order valence-corrected chi connectivity index (χ0v) is 18.3. The molecule has 160 valence electrons. The SMILES string of the molecule is Cc1cc2c(cc1C)C(N(C(=O)c1ccc(-c3ncnn3C)cc1)C1CC1)CCCO2. The molecule has 1 saturated carbocycles. The van der Waals surface area contributed by atoms with Crippen LogP contribution in [-0.4, -0.2) is 38.2 Å². The molecule has 1 amide bonds. The van der Waals surface area contributed by atoms with Crippen LogP contribution in [-0.2, 0) is 7.05 Å². The Morgan fingerprint density at radius 3 is 2.52 bits per heavy atom. The first-order valence-corrected chi connectivity index (χ1v) is 11.0. The fourth-order valence-electron chi connectivity index (χ4n) is 4.48. The van der Waals surface area contributed by atoms with Gasteiger partial charge in [0.15, 0.2) is 5.82 Å². The molecule has 0 radical (unpaired) electrons. The number of carbonyl (C=O) groups is 1. The highest BCUT2D eigenvalue weighted by molar-refractivity contribution is 5.95. The zero-order chi connectivity index (χ0) is 21.5. The zero-order valence-electron chi connectivity index (χ0n) is 18.3. The van der Waals surface area contributed by atoms with E-state index in [0.717, 1.165) is 48.4 Å². The number of rotatable bonds is 4. The van der Waals surface area contributed by atoms with Gasteiger partial charge in [-0.05, 0) is 68.9 Å². The first kappa shape index (κ1) is 19.8. The lowest BCUT2D eigenvalue weighted by Gasteiger charge is -2.32. The van der Waals surface area contributed by atoms with E-state index in [4.69, 9.17) is 4.74 Å². The summed E-state index contributed by atoms with van der Waals surface area (Å²) in [4.78, 5) is 20.1. The molecule has 1 aromatic heterocycles. The quantitative estimate of drug-likeness (QED) is 0.623. The van der Waals surface area contributed by atoms with Crippen LogP contribution < -0.4 is 4.74 Å². The molecule has 1 aliphatic carbocycles. The number of ether oxygens (including phenoxy) is 1. The first-order chi connectivity index (χ1) is 15.0. The number of amides is 1. The minimum atomic E-state index is 0.0511. The van der Waals surface area contributed by atoms with Gasteiger partial charge in [0.05, 0.1) is 12.6 Å². The van der Waals surface area contributed by atoms with E-state index >= 15 is 0 Å². The summed E-state index contributed by atoms with van der Waals surface area (Å²) in [6, 6.07) is 12.5. The second-order valence-corrected chi connectivity index (χ2v) is 8.71. The number of hydrogen-bond acceptors (Lipinski definition) is 4. The van der Waals surface area contributed by atoms with Crippen molar-refractivity contribution in [2.24, 2.45) is 7.05 Å². The molecule has 5 rings (SSSR count). The molecule has 6 nitrogen and oxygen atoms in total. The van der Waals surface area contributed by atoms with Gasteiger partial charge in [-0.3, -0.25) is 4.79 Å². The highest BCUT2D eigenvalue weighted by atomic mass is 16.5. The normalized spacial score (nSPS) is 18.1. The highest BCUT2D eigenvalue weighted by Gasteiger charge is 2.40. The number of hydrogen-bond donors (Lipinski definition) is 0. The molecule has 0 spiro atoms. The van der Waals surface area contributed by atoms with Crippen LogP contribution in [0.5, 0.6) is 5.75 Å². The Morgan fingerprint density at radius 1 is 1.10 bits per heavy atom. The van der Waals surface area contributed by atoms with Crippen molar-refractivity contribution in [2.45, 2.75) is 51.6 Å². The Labute approximate surface area is 182 Å². The van der Waals surface area contributed by atoms with Crippen LogP contribution in [0.2, 0.25) is 0 Å². The van der Waals surface area contributed by atoms with Gasteiger partial charge in [0.25, 0.3) is 5.91 Å². The van der Waals surface area contributed by atoms with E-state index in [-0.39, 0.29) is 11.9 Å². The number of aromatic nitrogens is 3. The standard InChI is InChI=1S/C25H28N4O2/c1-16-13-21-22(5-4-12-31-23(21)14-17(16)2)29(20-10-11-20)25(30)19-8-6-18(7-9-19)24-26-15-27-28(24)3/h6-9,13-15,20,22H,4-5,10-12H2,1-3H3. The summed E-state index contributed by atoms with van der Waals surface area (Å²) in [6.45, 7) is 4.94. The number of fused-ring (bicyclic) bond motifs is 1. The van der Waals surface area contributed by atoms with Crippen molar-refractivity contribution in [3.63, 3.8) is 0 Å². The van der Waals surface area contributed by atoms with Gasteiger partial charge in [-0.1, -0.05) is 18.2 Å². The van der Waals surface area contributed by atoms with E-state index in [9.17, 15) is 4.79 Å². The summed E-state index contributed by atoms with van der Waals surface area (Å²) in [5.41, 5.74) is 5.28. The van der Waals surface area contributed by atoms with E-state index in [2.05, 4.69) is 41.0 Å². The minimum absolute atomic E-state index is 0.0511. The molecule has 1 fully saturated rings. The van der Waals surface area contributed by atoms with Crippen LogP contribution in [0.25, 0.3) is 11.4 Å². The van der Waals surface area contributed by atoms with Crippen molar-refractivity contribution >= 4 is 5.91 Å². The molecule has 0 saturated heterocycles. The van der Waals surface area contributed by atoms with Gasteiger partial charge < -0.3 is 9.64 Å². The lowest BCUT2D eigenvalue weighted by molar-refractivity contribution is 0.0648. The van der Waals surface area contributed by atoms with Gasteiger partial charge in [0.1, 0.15) is 12.1 Å². The summed E-state index contributed by atoms with van der Waals surface area (Å²) in [5, 5.41) is 4.13. The molecule has 6 heteroatoms. The molecule has 2 aromatic carbocycles. The lowest BCUT2D eigenvalue weighted by Crippen LogP contribution is -2.36. The largest absolute Gasteiger partial charge is 0.493 e. The maximum Gasteiger partial charge on any atom is 0.254 e. The summed E-state index contributed by atoms with van der Waals surface area (Å²) < 4.78 is 7.80. The lowest BCUT2D eigenvalue weighted by atomic mass is 9.95. The Hall–Kier alpha value is -3.15. The van der Waals surface area contributed by atoms with Crippen LogP contribution in [0.4, 0.5) is 0 Å². The molecule has 3 aromatic rings. The average molecular weight is 417 g/mol. The average Bonchev–Trinajstić information content (AvgIpc) is 3.54. The smallest absolute Gasteiger partial charge is 0.254 e. The van der Waals surface area contributed by atoms with Gasteiger partial charge in [-0.25, -0.2) is 9.67 Å². The molecule has 0 N–H and O–H groups in total. The molecule has 2 heterocycles. The highest BCUT2D eigenvalue weighted by Crippen LogP contribution is 2.43. The molecule has 0 bridgehead atoms. The van der Waals surface area contributed by atoms with Gasteiger partial charge in [0, 0.05) is 29.8 Å². The Balaban J connectivity index is 1.49. The van der Waals surface area contributed by atoms with Crippen LogP contribution in [0, 0.1) is 13.8 Å². The van der Waals surface area contributed by atoms with E-state index < -0.39 is 0 Å². The van der Waals surface area contributed by atoms with Gasteiger partial charge >= 0.3 is 0 Å². The van der Waals surface area contributed by atoms with Crippen molar-refractivity contribution in [3.05, 3.63) is 65.0 Å². The molecule has 1 atom stereocenters. The van der Waals surface area contributed by atoms with Crippen molar-refractivity contribution in [3.8, 4) is 17.1 Å². The third kappa shape index (κ3) is 3.71. The molecule has 2 aliphatic rings. The second-order valence-electron chi connectivity index (χ2n) is 8.71. The van der Waals surface area contributed by atoms with E-state index in [0.29, 0.717) is 18.2 Å². The topological polar surface area (TPSA) is 60.2 Å². The number of benzene rings is 2. The first-order valence-electron chi connectivity index (χ1n) is 11.0.